The Balaban J connectivity index is 1.71. The summed E-state index contributed by atoms with van der Waals surface area (Å²) in [6.07, 6.45) is 0.729. The molecule has 0 saturated carbocycles. The van der Waals surface area contributed by atoms with E-state index in [1.54, 1.807) is 12.0 Å². The number of aryl methyl sites for hydroxylation is 1. The van der Waals surface area contributed by atoms with Gasteiger partial charge in [-0.2, -0.15) is 0 Å². The van der Waals surface area contributed by atoms with Crippen molar-refractivity contribution in [1.82, 2.24) is 4.98 Å². The molecule has 2 aromatic carbocycles. The molecule has 0 fully saturated rings. The Morgan fingerprint density at radius 1 is 1.11 bits per heavy atom. The van der Waals surface area contributed by atoms with Gasteiger partial charge < -0.3 is 9.47 Å². The summed E-state index contributed by atoms with van der Waals surface area (Å²) < 4.78 is 10.8. The number of rotatable bonds is 9. The zero-order valence-electron chi connectivity index (χ0n) is 16.1. The maximum absolute atomic E-state index is 12.9. The largest absolute Gasteiger partial charge is 0.484 e. The quantitative estimate of drug-likeness (QED) is 0.497. The molecule has 3 rings (SSSR count). The number of aromatic nitrogens is 1. The predicted molar refractivity (Wildman–Crippen MR) is 113 cm³/mol. The van der Waals surface area contributed by atoms with Crippen LogP contribution in [-0.4, -0.2) is 37.8 Å². The summed E-state index contributed by atoms with van der Waals surface area (Å²) in [6, 6.07) is 17.6. The number of ether oxygens (including phenoxy) is 2. The van der Waals surface area contributed by atoms with Gasteiger partial charge in [-0.1, -0.05) is 48.0 Å². The third kappa shape index (κ3) is 5.41. The number of amides is 1. The number of hydrogen-bond donors (Lipinski definition) is 0. The van der Waals surface area contributed by atoms with Crippen molar-refractivity contribution in [2.75, 3.05) is 31.8 Å². The molecule has 0 radical (unpaired) electrons. The second-order valence-corrected chi connectivity index (χ2v) is 7.21. The Morgan fingerprint density at radius 3 is 2.57 bits per heavy atom. The van der Waals surface area contributed by atoms with Crippen molar-refractivity contribution in [3.63, 3.8) is 0 Å². The third-order valence-electron chi connectivity index (χ3n) is 4.21. The zero-order valence-corrected chi connectivity index (χ0v) is 16.9. The van der Waals surface area contributed by atoms with Crippen LogP contribution in [0, 0.1) is 6.92 Å². The maximum Gasteiger partial charge on any atom is 0.266 e. The van der Waals surface area contributed by atoms with Gasteiger partial charge in [0.2, 0.25) is 0 Å². The molecule has 0 atom stereocenters. The SMILES string of the molecule is COCCCN(C(=O)COc1ccc(C)cc1)c1nc(-c2ccccc2)cs1. The fraction of sp³-hybridized carbons (Fsp3) is 0.273. The van der Waals surface area contributed by atoms with Gasteiger partial charge in [0.15, 0.2) is 11.7 Å². The van der Waals surface area contributed by atoms with Gasteiger partial charge in [-0.3, -0.25) is 9.69 Å². The number of anilines is 1. The molecular weight excluding hydrogens is 372 g/mol. The van der Waals surface area contributed by atoms with E-state index in [1.807, 2.05) is 66.9 Å². The molecule has 28 heavy (non-hydrogen) atoms. The molecule has 3 aromatic rings. The molecule has 0 saturated heterocycles. The summed E-state index contributed by atoms with van der Waals surface area (Å²) in [7, 11) is 1.66. The zero-order chi connectivity index (χ0) is 19.8. The molecule has 146 valence electrons. The molecule has 1 heterocycles. The van der Waals surface area contributed by atoms with Crippen LogP contribution in [0.1, 0.15) is 12.0 Å². The van der Waals surface area contributed by atoms with Crippen molar-refractivity contribution in [2.24, 2.45) is 0 Å². The first-order chi connectivity index (χ1) is 13.7. The number of thiazole rings is 1. The van der Waals surface area contributed by atoms with Gasteiger partial charge >= 0.3 is 0 Å². The molecule has 1 aromatic heterocycles. The number of methoxy groups -OCH3 is 1. The molecule has 0 aliphatic carbocycles. The van der Waals surface area contributed by atoms with Crippen LogP contribution in [0.25, 0.3) is 11.3 Å². The highest BCUT2D eigenvalue weighted by Gasteiger charge is 2.20. The van der Waals surface area contributed by atoms with Crippen molar-refractivity contribution in [2.45, 2.75) is 13.3 Å². The normalized spacial score (nSPS) is 10.6. The van der Waals surface area contributed by atoms with Gasteiger partial charge in [-0.25, -0.2) is 4.98 Å². The van der Waals surface area contributed by atoms with Crippen LogP contribution in [0.5, 0.6) is 5.75 Å². The van der Waals surface area contributed by atoms with Gasteiger partial charge in [-0.05, 0) is 25.5 Å². The van der Waals surface area contributed by atoms with Crippen LogP contribution in [0.2, 0.25) is 0 Å². The van der Waals surface area contributed by atoms with Crippen LogP contribution in [0.3, 0.4) is 0 Å². The van der Waals surface area contributed by atoms with E-state index in [0.717, 1.165) is 23.2 Å². The Morgan fingerprint density at radius 2 is 1.86 bits per heavy atom. The maximum atomic E-state index is 12.9. The summed E-state index contributed by atoms with van der Waals surface area (Å²) in [6.45, 7) is 3.10. The first-order valence-electron chi connectivity index (χ1n) is 9.17. The molecular formula is C22H24N2O3S. The fourth-order valence-corrected chi connectivity index (χ4v) is 3.56. The van der Waals surface area contributed by atoms with Gasteiger partial charge in [0.1, 0.15) is 5.75 Å². The van der Waals surface area contributed by atoms with E-state index in [9.17, 15) is 4.79 Å². The van der Waals surface area contributed by atoms with E-state index < -0.39 is 0 Å². The lowest BCUT2D eigenvalue weighted by Crippen LogP contribution is -2.36. The number of nitrogens with zero attached hydrogens (tertiary/aromatic N) is 2. The monoisotopic (exact) mass is 396 g/mol. The van der Waals surface area contributed by atoms with E-state index in [1.165, 1.54) is 11.3 Å². The van der Waals surface area contributed by atoms with Crippen LogP contribution in [0.4, 0.5) is 5.13 Å². The molecule has 0 aliphatic rings. The highest BCUT2D eigenvalue weighted by Crippen LogP contribution is 2.27. The Bertz CT molecular complexity index is 878. The minimum atomic E-state index is -0.120. The van der Waals surface area contributed by atoms with Crippen molar-refractivity contribution >= 4 is 22.4 Å². The summed E-state index contributed by atoms with van der Waals surface area (Å²) in [5.41, 5.74) is 3.05. The number of carbonyl (C=O) groups is 1. The average molecular weight is 397 g/mol. The molecule has 0 aliphatic heterocycles. The highest BCUT2D eigenvalue weighted by molar-refractivity contribution is 7.14. The minimum Gasteiger partial charge on any atom is -0.484 e. The molecule has 5 nitrogen and oxygen atoms in total. The second-order valence-electron chi connectivity index (χ2n) is 6.37. The lowest BCUT2D eigenvalue weighted by molar-refractivity contribution is -0.120. The smallest absolute Gasteiger partial charge is 0.266 e. The van der Waals surface area contributed by atoms with Crippen LogP contribution in [0.15, 0.2) is 60.0 Å². The summed E-state index contributed by atoms with van der Waals surface area (Å²) in [4.78, 5) is 19.2. The van der Waals surface area contributed by atoms with Gasteiger partial charge in [-0.15, -0.1) is 11.3 Å². The lowest BCUT2D eigenvalue weighted by atomic mass is 10.2. The topological polar surface area (TPSA) is 51.7 Å². The van der Waals surface area contributed by atoms with Crippen molar-refractivity contribution in [3.05, 3.63) is 65.5 Å². The Kier molecular flexibility index (Phi) is 7.17. The molecule has 0 spiro atoms. The predicted octanol–water partition coefficient (Wildman–Crippen LogP) is 4.57. The lowest BCUT2D eigenvalue weighted by Gasteiger charge is -2.20. The van der Waals surface area contributed by atoms with Gasteiger partial charge in [0.05, 0.1) is 5.69 Å². The number of benzene rings is 2. The van der Waals surface area contributed by atoms with Crippen LogP contribution < -0.4 is 9.64 Å². The minimum absolute atomic E-state index is 0.0315. The standard InChI is InChI=1S/C22H24N2O3S/c1-17-9-11-19(12-10-17)27-15-21(25)24(13-6-14-26-2)22-23-20(16-28-22)18-7-4-3-5-8-18/h3-5,7-12,16H,6,13-15H2,1-2H3. The third-order valence-corrected chi connectivity index (χ3v) is 5.07. The van der Waals surface area contributed by atoms with Crippen LogP contribution in [-0.2, 0) is 9.53 Å². The van der Waals surface area contributed by atoms with E-state index in [2.05, 4.69) is 4.98 Å². The first-order valence-corrected chi connectivity index (χ1v) is 10.0. The van der Waals surface area contributed by atoms with Crippen molar-refractivity contribution in [3.8, 4) is 17.0 Å². The van der Waals surface area contributed by atoms with Gasteiger partial charge in [0, 0.05) is 31.2 Å². The number of hydrogen-bond acceptors (Lipinski definition) is 5. The van der Waals surface area contributed by atoms with E-state index in [4.69, 9.17) is 9.47 Å². The summed E-state index contributed by atoms with van der Waals surface area (Å²) in [5, 5.41) is 2.65. The average Bonchev–Trinajstić information content (AvgIpc) is 3.21. The van der Waals surface area contributed by atoms with Crippen molar-refractivity contribution < 1.29 is 14.3 Å². The Hall–Kier alpha value is -2.70. The summed E-state index contributed by atoms with van der Waals surface area (Å²) >= 11 is 1.46. The molecule has 0 unspecified atom stereocenters. The van der Waals surface area contributed by atoms with E-state index in [0.29, 0.717) is 24.0 Å². The summed E-state index contributed by atoms with van der Waals surface area (Å²) in [5.74, 6) is 0.561. The van der Waals surface area contributed by atoms with Crippen LogP contribution >= 0.6 is 11.3 Å². The molecule has 6 heteroatoms. The molecule has 0 bridgehead atoms. The molecule has 1 amide bonds. The number of carbonyl (C=O) groups excluding carboxylic acids is 1. The van der Waals surface area contributed by atoms with E-state index in [-0.39, 0.29) is 12.5 Å². The van der Waals surface area contributed by atoms with Gasteiger partial charge in [0.25, 0.3) is 5.91 Å². The first kappa shape index (κ1) is 20.0. The Labute approximate surface area is 169 Å². The second kappa shape index (κ2) is 10.0. The van der Waals surface area contributed by atoms with E-state index >= 15 is 0 Å². The fourth-order valence-electron chi connectivity index (χ4n) is 2.68. The highest BCUT2D eigenvalue weighted by atomic mass is 32.1. The molecule has 0 N–H and O–H groups in total. The van der Waals surface area contributed by atoms with Crippen molar-refractivity contribution in [1.29, 1.82) is 0 Å².